The van der Waals surface area contributed by atoms with Crippen molar-refractivity contribution in [3.63, 3.8) is 0 Å². The molecule has 0 aliphatic rings. The van der Waals surface area contributed by atoms with Crippen molar-refractivity contribution in [2.24, 2.45) is 0 Å². The summed E-state index contributed by atoms with van der Waals surface area (Å²) in [4.78, 5) is 7.85. The van der Waals surface area contributed by atoms with Crippen LogP contribution in [0.5, 0.6) is 0 Å². The zero-order valence-corrected chi connectivity index (χ0v) is 8.17. The van der Waals surface area contributed by atoms with Gasteiger partial charge in [0.05, 0.1) is 0 Å². The Morgan fingerprint density at radius 3 is 2.47 bits per heavy atom. The van der Waals surface area contributed by atoms with E-state index in [1.54, 1.807) is 0 Å². The van der Waals surface area contributed by atoms with Gasteiger partial charge in [-0.25, -0.2) is 0 Å². The van der Waals surface area contributed by atoms with Gasteiger partial charge in [-0.3, -0.25) is 0 Å². The number of aromatic nitrogens is 4. The Kier molecular flexibility index (Phi) is 3.43. The fourth-order valence-corrected chi connectivity index (χ4v) is 1.22. The Balaban J connectivity index is 1.56. The summed E-state index contributed by atoms with van der Waals surface area (Å²) in [6.45, 7) is 0. The number of rotatable bonds is 6. The fourth-order valence-electron chi connectivity index (χ4n) is 1.22. The molecule has 2 heterocycles. The van der Waals surface area contributed by atoms with Crippen molar-refractivity contribution >= 4 is 0 Å². The Labute approximate surface area is 86.7 Å². The minimum Gasteiger partial charge on any atom is -0.340 e. The van der Waals surface area contributed by atoms with Crippen LogP contribution in [0.15, 0.2) is 21.7 Å². The Hall–Kier alpha value is -1.72. The molecule has 0 fully saturated rings. The quantitative estimate of drug-likeness (QED) is 0.663. The fraction of sp³-hybridized carbons (Fsp3) is 0.444. The van der Waals surface area contributed by atoms with Crippen LogP contribution in [0.3, 0.4) is 0 Å². The largest absolute Gasteiger partial charge is 0.340 e. The molecule has 0 saturated heterocycles. The summed E-state index contributed by atoms with van der Waals surface area (Å²) in [6.07, 6.45) is 8.38. The molecule has 0 amide bonds. The van der Waals surface area contributed by atoms with Crippen molar-refractivity contribution in [2.75, 3.05) is 0 Å². The van der Waals surface area contributed by atoms with E-state index >= 15 is 0 Å². The normalized spacial score (nSPS) is 10.7. The van der Waals surface area contributed by atoms with Crippen LogP contribution in [0.2, 0.25) is 0 Å². The summed E-state index contributed by atoms with van der Waals surface area (Å²) in [7, 11) is 0. The van der Waals surface area contributed by atoms with Gasteiger partial charge in [0.25, 0.3) is 0 Å². The molecular weight excluding hydrogens is 196 g/mol. The summed E-state index contributed by atoms with van der Waals surface area (Å²) in [6, 6.07) is 0. The first-order chi connectivity index (χ1) is 7.45. The predicted octanol–water partition coefficient (Wildman–Crippen LogP) is 1.22. The molecule has 0 aliphatic heterocycles. The third kappa shape index (κ3) is 3.16. The molecule has 2 aromatic heterocycles. The number of hydrogen-bond donors (Lipinski definition) is 0. The van der Waals surface area contributed by atoms with Crippen molar-refractivity contribution in [1.82, 2.24) is 20.3 Å². The highest BCUT2D eigenvalue weighted by Gasteiger charge is 2.01. The molecule has 6 heteroatoms. The van der Waals surface area contributed by atoms with Crippen molar-refractivity contribution in [3.05, 3.63) is 30.9 Å². The van der Waals surface area contributed by atoms with Gasteiger partial charge >= 0.3 is 0 Å². The van der Waals surface area contributed by atoms with E-state index in [-0.39, 0.29) is 0 Å². The molecular formula is C9H11N4O2. The first-order valence-electron chi connectivity index (χ1n) is 4.78. The maximum absolute atomic E-state index is 4.87. The molecule has 79 valence electrons. The number of aryl methyl sites for hydroxylation is 1. The first kappa shape index (κ1) is 9.82. The van der Waals surface area contributed by atoms with Gasteiger partial charge in [0, 0.05) is 12.8 Å². The molecule has 0 aromatic carbocycles. The molecule has 1 radical (unpaired) electrons. The predicted molar refractivity (Wildman–Crippen MR) is 49.5 cm³/mol. The van der Waals surface area contributed by atoms with Gasteiger partial charge < -0.3 is 9.05 Å². The Morgan fingerprint density at radius 2 is 1.80 bits per heavy atom. The minimum atomic E-state index is 0.646. The number of unbranched alkanes of at least 4 members (excludes halogenated alkanes) is 2. The standard InChI is InChI=1S/C9H11N4O2/c1(2-4-8-10-6-12-14-8)3-5-9-11-7-13-15-9/h2,6-7H,1,3-5H2. The van der Waals surface area contributed by atoms with Gasteiger partial charge in [-0.05, 0) is 19.3 Å². The molecule has 0 aliphatic carbocycles. The third-order valence-corrected chi connectivity index (χ3v) is 1.93. The van der Waals surface area contributed by atoms with Crippen LogP contribution in [0, 0.1) is 6.42 Å². The summed E-state index contributed by atoms with van der Waals surface area (Å²) < 4.78 is 9.72. The lowest BCUT2D eigenvalue weighted by Gasteiger charge is -1.95. The van der Waals surface area contributed by atoms with Gasteiger partial charge in [0.1, 0.15) is 0 Å². The van der Waals surface area contributed by atoms with Crippen LogP contribution in [0.1, 0.15) is 24.6 Å². The highest BCUT2D eigenvalue weighted by atomic mass is 16.5. The lowest BCUT2D eigenvalue weighted by molar-refractivity contribution is 0.372. The monoisotopic (exact) mass is 207 g/mol. The Morgan fingerprint density at radius 1 is 1.07 bits per heavy atom. The molecule has 0 unspecified atom stereocenters. The molecule has 2 aromatic rings. The van der Waals surface area contributed by atoms with Crippen LogP contribution < -0.4 is 0 Å². The van der Waals surface area contributed by atoms with E-state index in [0.717, 1.165) is 19.3 Å². The van der Waals surface area contributed by atoms with Crippen LogP contribution >= 0.6 is 0 Å². The van der Waals surface area contributed by atoms with E-state index in [1.807, 2.05) is 0 Å². The second kappa shape index (κ2) is 5.23. The van der Waals surface area contributed by atoms with Crippen molar-refractivity contribution in [2.45, 2.75) is 25.7 Å². The first-order valence-corrected chi connectivity index (χ1v) is 4.78. The van der Waals surface area contributed by atoms with Gasteiger partial charge in [0.15, 0.2) is 12.7 Å². The van der Waals surface area contributed by atoms with Gasteiger partial charge in [-0.15, -0.1) is 0 Å². The van der Waals surface area contributed by atoms with Gasteiger partial charge in [-0.1, -0.05) is 10.3 Å². The van der Waals surface area contributed by atoms with Crippen molar-refractivity contribution in [1.29, 1.82) is 0 Å². The maximum Gasteiger partial charge on any atom is 0.226 e. The number of nitrogens with zero attached hydrogens (tertiary/aromatic N) is 4. The van der Waals surface area contributed by atoms with E-state index in [9.17, 15) is 0 Å². The summed E-state index contributed by atoms with van der Waals surface area (Å²) >= 11 is 0. The SMILES string of the molecule is [CH](CCCc1ncno1)Cc1ncno1. The summed E-state index contributed by atoms with van der Waals surface area (Å²) in [5, 5.41) is 7.05. The van der Waals surface area contributed by atoms with Crippen LogP contribution in [0.4, 0.5) is 0 Å². The molecule has 0 saturated carbocycles. The zero-order valence-electron chi connectivity index (χ0n) is 8.17. The van der Waals surface area contributed by atoms with Crippen LogP contribution in [-0.2, 0) is 12.8 Å². The number of hydrogen-bond acceptors (Lipinski definition) is 6. The minimum absolute atomic E-state index is 0.646. The zero-order chi connectivity index (χ0) is 10.3. The highest BCUT2D eigenvalue weighted by molar-refractivity contribution is 4.84. The summed E-state index contributed by atoms with van der Waals surface area (Å²) in [5.74, 6) is 1.33. The topological polar surface area (TPSA) is 77.8 Å². The molecule has 2 rings (SSSR count). The van der Waals surface area contributed by atoms with Gasteiger partial charge in [0.2, 0.25) is 11.8 Å². The van der Waals surface area contributed by atoms with Crippen molar-refractivity contribution in [3.8, 4) is 0 Å². The summed E-state index contributed by atoms with van der Waals surface area (Å²) in [5.41, 5.74) is 0. The highest BCUT2D eigenvalue weighted by Crippen LogP contribution is 2.05. The molecule has 15 heavy (non-hydrogen) atoms. The molecule has 0 spiro atoms. The Bertz CT molecular complexity index is 321. The van der Waals surface area contributed by atoms with E-state index < -0.39 is 0 Å². The molecule has 0 bridgehead atoms. The van der Waals surface area contributed by atoms with E-state index in [4.69, 9.17) is 9.05 Å². The second-order valence-electron chi connectivity index (χ2n) is 3.06. The average molecular weight is 207 g/mol. The van der Waals surface area contributed by atoms with E-state index in [2.05, 4.69) is 26.7 Å². The van der Waals surface area contributed by atoms with E-state index in [0.29, 0.717) is 18.2 Å². The van der Waals surface area contributed by atoms with Gasteiger partial charge in [-0.2, -0.15) is 9.97 Å². The van der Waals surface area contributed by atoms with Crippen molar-refractivity contribution < 1.29 is 9.05 Å². The second-order valence-corrected chi connectivity index (χ2v) is 3.06. The molecule has 0 atom stereocenters. The van der Waals surface area contributed by atoms with E-state index in [1.165, 1.54) is 12.7 Å². The third-order valence-electron chi connectivity index (χ3n) is 1.93. The molecule has 0 N–H and O–H groups in total. The average Bonchev–Trinajstić information content (AvgIpc) is 2.88. The lowest BCUT2D eigenvalue weighted by Crippen LogP contribution is -1.89. The maximum atomic E-state index is 4.87. The smallest absolute Gasteiger partial charge is 0.226 e. The van der Waals surface area contributed by atoms with Crippen LogP contribution in [-0.4, -0.2) is 20.3 Å². The lowest BCUT2D eigenvalue weighted by atomic mass is 10.1. The van der Waals surface area contributed by atoms with Crippen LogP contribution in [0.25, 0.3) is 0 Å². The molecule has 6 nitrogen and oxygen atoms in total.